The molecular weight excluding hydrogens is 847 g/mol. The fraction of sp³-hybridized carbons (Fsp3) is 0.0294. The molecule has 0 saturated heterocycles. The van der Waals surface area contributed by atoms with Gasteiger partial charge in [-0.25, -0.2) is 0 Å². The van der Waals surface area contributed by atoms with Crippen LogP contribution in [0, 0.1) is 0 Å². The van der Waals surface area contributed by atoms with Crippen molar-refractivity contribution in [3.63, 3.8) is 0 Å². The third kappa shape index (κ3) is 5.02. The molecule has 1 heterocycles. The zero-order valence-corrected chi connectivity index (χ0v) is 38.1. The molecule has 1 aromatic heterocycles. The van der Waals surface area contributed by atoms with Gasteiger partial charge in [-0.15, -0.1) is 0 Å². The lowest BCUT2D eigenvalue weighted by Crippen LogP contribution is -2.26. The summed E-state index contributed by atoms with van der Waals surface area (Å²) < 4.78 is 6.56. The van der Waals surface area contributed by atoms with Crippen molar-refractivity contribution in [3.05, 3.63) is 270 Å². The van der Waals surface area contributed by atoms with E-state index in [2.05, 4.69) is 241 Å². The van der Waals surface area contributed by atoms with E-state index < -0.39 is 5.41 Å². The van der Waals surface area contributed by atoms with Crippen LogP contribution in [0.3, 0.4) is 0 Å². The summed E-state index contributed by atoms with van der Waals surface area (Å²) in [5.74, 6) is 0. The fourth-order valence-electron chi connectivity index (χ4n) is 13.2. The third-order valence-electron chi connectivity index (χ3n) is 16.0. The van der Waals surface area contributed by atoms with E-state index in [0.717, 1.165) is 40.0 Å². The molecule has 0 atom stereocenters. The highest BCUT2D eigenvalue weighted by Crippen LogP contribution is 2.65. The number of fused-ring (bicyclic) bond motifs is 21. The summed E-state index contributed by atoms with van der Waals surface area (Å²) in [5.41, 5.74) is 22.9. The Balaban J connectivity index is 0.981. The lowest BCUT2D eigenvalue weighted by Gasteiger charge is -2.33. The van der Waals surface area contributed by atoms with Gasteiger partial charge in [0, 0.05) is 27.5 Å². The maximum Gasteiger partial charge on any atom is 0.136 e. The smallest absolute Gasteiger partial charge is 0.136 e. The topological polar surface area (TPSA) is 16.4 Å². The minimum atomic E-state index is -0.598. The molecule has 3 aliphatic rings. The SMILES string of the molecule is c1ccc2c(c1)Cc1cc(N(c3ccc4c(c3)C3(c5ccccc5-c5ccccc53)c3cc(-c5ccc6oc7ccc8ccccc8c7c6c5)c5ccccc5c3-4)c3cccc4ccccc34)ccc1-2. The van der Waals surface area contributed by atoms with Gasteiger partial charge in [0.15, 0.2) is 0 Å². The minimum Gasteiger partial charge on any atom is -0.456 e. The molecule has 16 rings (SSSR count). The van der Waals surface area contributed by atoms with E-state index in [1.54, 1.807) is 0 Å². The Morgan fingerprint density at radius 3 is 1.77 bits per heavy atom. The zero-order valence-electron chi connectivity index (χ0n) is 38.1. The molecule has 2 heteroatoms. The molecule has 0 radical (unpaired) electrons. The lowest BCUT2D eigenvalue weighted by atomic mass is 9.70. The van der Waals surface area contributed by atoms with E-state index in [9.17, 15) is 0 Å². The van der Waals surface area contributed by atoms with Gasteiger partial charge in [-0.2, -0.15) is 0 Å². The fourth-order valence-corrected chi connectivity index (χ4v) is 13.2. The van der Waals surface area contributed by atoms with Gasteiger partial charge in [0.2, 0.25) is 0 Å². The van der Waals surface area contributed by atoms with Crippen molar-refractivity contribution in [2.45, 2.75) is 11.8 Å². The molecule has 0 saturated carbocycles. The van der Waals surface area contributed by atoms with Gasteiger partial charge in [-0.1, -0.05) is 182 Å². The average molecular weight is 888 g/mol. The summed E-state index contributed by atoms with van der Waals surface area (Å²) in [6.07, 6.45) is 0.925. The normalized spacial score (nSPS) is 13.5. The van der Waals surface area contributed by atoms with E-state index in [-0.39, 0.29) is 0 Å². The quantitative estimate of drug-likeness (QED) is 0.175. The number of benzene rings is 12. The molecule has 0 bridgehead atoms. The Bertz CT molecular complexity index is 4370. The van der Waals surface area contributed by atoms with Crippen molar-refractivity contribution in [1.29, 1.82) is 0 Å². The summed E-state index contributed by atoms with van der Waals surface area (Å²) in [4.78, 5) is 2.52. The second-order valence-corrected chi connectivity index (χ2v) is 19.4. The first kappa shape index (κ1) is 38.0. The van der Waals surface area contributed by atoms with Gasteiger partial charge < -0.3 is 9.32 Å². The van der Waals surface area contributed by atoms with Crippen LogP contribution < -0.4 is 4.90 Å². The number of rotatable bonds is 4. The minimum absolute atomic E-state index is 0.598. The molecule has 324 valence electrons. The van der Waals surface area contributed by atoms with Crippen LogP contribution in [0.25, 0.3) is 98.8 Å². The standard InChI is InChI=1S/C68H41NO/c1-5-19-50-41(14-1)17-13-27-63(50)69(46-30-32-49-45(37-46)36-43-16-3-4-18-48(43)49)47-31-33-56-61(39-47)68(59-25-11-9-22-53(59)54-23-10-12-26-60(54)68)62-40-57(52-21-7-8-24-55(52)66(56)62)44-29-34-64-58(38-44)67-51-20-6-2-15-42(51)28-35-65(67)70-64/h1-35,37-40H,36H2. The molecule has 70 heavy (non-hydrogen) atoms. The van der Waals surface area contributed by atoms with Crippen LogP contribution in [0.15, 0.2) is 241 Å². The van der Waals surface area contributed by atoms with E-state index >= 15 is 0 Å². The summed E-state index contributed by atoms with van der Waals surface area (Å²) in [5, 5.41) is 9.66. The highest BCUT2D eigenvalue weighted by molar-refractivity contribution is 6.20. The number of hydrogen-bond acceptors (Lipinski definition) is 2. The molecule has 3 aliphatic carbocycles. The third-order valence-corrected chi connectivity index (χ3v) is 16.0. The van der Waals surface area contributed by atoms with Crippen molar-refractivity contribution < 1.29 is 4.42 Å². The molecule has 0 fully saturated rings. The van der Waals surface area contributed by atoms with E-state index in [1.165, 1.54) is 116 Å². The van der Waals surface area contributed by atoms with Crippen molar-refractivity contribution in [1.82, 2.24) is 0 Å². The van der Waals surface area contributed by atoms with Gasteiger partial charge in [-0.3, -0.25) is 0 Å². The molecule has 0 N–H and O–H groups in total. The van der Waals surface area contributed by atoms with E-state index in [1.807, 2.05) is 0 Å². The molecule has 0 unspecified atom stereocenters. The summed E-state index contributed by atoms with van der Waals surface area (Å²) in [6, 6.07) is 88.7. The van der Waals surface area contributed by atoms with Gasteiger partial charge >= 0.3 is 0 Å². The second-order valence-electron chi connectivity index (χ2n) is 19.4. The van der Waals surface area contributed by atoms with Crippen LogP contribution in [0.2, 0.25) is 0 Å². The van der Waals surface area contributed by atoms with Crippen LogP contribution in [0.5, 0.6) is 0 Å². The molecule has 1 spiro atoms. The first-order chi connectivity index (χ1) is 34.7. The molecule has 2 nitrogen and oxygen atoms in total. The monoisotopic (exact) mass is 887 g/mol. The number of furan rings is 1. The maximum absolute atomic E-state index is 6.56. The average Bonchev–Trinajstić information content (AvgIpc) is 4.16. The first-order valence-electron chi connectivity index (χ1n) is 24.4. The van der Waals surface area contributed by atoms with Gasteiger partial charge in [-0.05, 0) is 166 Å². The molecule has 0 amide bonds. The number of nitrogens with zero attached hydrogens (tertiary/aromatic N) is 1. The van der Waals surface area contributed by atoms with Crippen molar-refractivity contribution in [2.24, 2.45) is 0 Å². The van der Waals surface area contributed by atoms with Gasteiger partial charge in [0.05, 0.1) is 11.1 Å². The van der Waals surface area contributed by atoms with Crippen LogP contribution in [0.1, 0.15) is 33.4 Å². The zero-order chi connectivity index (χ0) is 45.7. The summed E-state index contributed by atoms with van der Waals surface area (Å²) in [6.45, 7) is 0. The van der Waals surface area contributed by atoms with Crippen molar-refractivity contribution in [3.8, 4) is 44.5 Å². The Labute approximate surface area is 405 Å². The molecule has 0 aliphatic heterocycles. The van der Waals surface area contributed by atoms with E-state index in [4.69, 9.17) is 4.42 Å². The van der Waals surface area contributed by atoms with Crippen molar-refractivity contribution in [2.75, 3.05) is 4.90 Å². The Morgan fingerprint density at radius 2 is 0.957 bits per heavy atom. The van der Waals surface area contributed by atoms with Crippen LogP contribution >= 0.6 is 0 Å². The number of hydrogen-bond donors (Lipinski definition) is 0. The largest absolute Gasteiger partial charge is 0.456 e. The summed E-state index contributed by atoms with van der Waals surface area (Å²) in [7, 11) is 0. The highest BCUT2D eigenvalue weighted by Gasteiger charge is 2.52. The highest BCUT2D eigenvalue weighted by atomic mass is 16.3. The molecule has 13 aromatic rings. The van der Waals surface area contributed by atoms with E-state index in [0.29, 0.717) is 0 Å². The van der Waals surface area contributed by atoms with Gasteiger partial charge in [0.25, 0.3) is 0 Å². The maximum atomic E-state index is 6.56. The van der Waals surface area contributed by atoms with Gasteiger partial charge in [0.1, 0.15) is 11.2 Å². The molecular formula is C68H41NO. The van der Waals surface area contributed by atoms with Crippen molar-refractivity contribution >= 4 is 71.3 Å². The van der Waals surface area contributed by atoms with Crippen LogP contribution in [-0.4, -0.2) is 0 Å². The predicted octanol–water partition coefficient (Wildman–Crippen LogP) is 18.1. The Hall–Kier alpha value is -8.98. The second kappa shape index (κ2) is 14.0. The lowest BCUT2D eigenvalue weighted by molar-refractivity contribution is 0.669. The number of anilines is 3. The Morgan fingerprint density at radius 1 is 0.343 bits per heavy atom. The predicted molar refractivity (Wildman–Crippen MR) is 291 cm³/mol. The first-order valence-corrected chi connectivity index (χ1v) is 24.4. The van der Waals surface area contributed by atoms with Crippen LogP contribution in [0.4, 0.5) is 17.1 Å². The summed E-state index contributed by atoms with van der Waals surface area (Å²) >= 11 is 0. The van der Waals surface area contributed by atoms with Crippen LogP contribution in [-0.2, 0) is 11.8 Å². The Kier molecular flexibility index (Phi) is 7.63. The molecule has 12 aromatic carbocycles.